The highest BCUT2D eigenvalue weighted by Crippen LogP contribution is 2.27. The lowest BCUT2D eigenvalue weighted by Gasteiger charge is -2.42. The molecule has 1 fully saturated rings. The lowest BCUT2D eigenvalue weighted by atomic mass is 9.96. The van der Waals surface area contributed by atoms with Gasteiger partial charge in [0.05, 0.1) is 12.6 Å². The van der Waals surface area contributed by atoms with Gasteiger partial charge in [-0.1, -0.05) is 17.7 Å². The van der Waals surface area contributed by atoms with Gasteiger partial charge in [-0.05, 0) is 30.3 Å². The number of nitrogens with one attached hydrogen (secondary N) is 2. The lowest BCUT2D eigenvalue weighted by Crippen LogP contribution is -2.64. The zero-order valence-corrected chi connectivity index (χ0v) is 17.0. The van der Waals surface area contributed by atoms with Gasteiger partial charge in [-0.25, -0.2) is 18.7 Å². The number of benzene rings is 2. The summed E-state index contributed by atoms with van der Waals surface area (Å²) in [6, 6.07) is 6.30. The Morgan fingerprint density at radius 2 is 1.88 bits per heavy atom. The van der Waals surface area contributed by atoms with Gasteiger partial charge in [-0.2, -0.15) is 5.11 Å². The van der Waals surface area contributed by atoms with Gasteiger partial charge >= 0.3 is 0 Å². The van der Waals surface area contributed by atoms with Crippen LogP contribution in [0.5, 0.6) is 5.75 Å². The highest BCUT2D eigenvalue weighted by Gasteiger charge is 2.45. The number of ether oxygens (including phenoxy) is 2. The van der Waals surface area contributed by atoms with Crippen LogP contribution in [0, 0.1) is 23.0 Å². The number of halogens is 4. The fourth-order valence-corrected chi connectivity index (χ4v) is 3.29. The second-order valence-electron chi connectivity index (χ2n) is 6.87. The number of aliphatic hydroxyl groups is 3. The highest BCUT2D eigenvalue weighted by molar-refractivity contribution is 6.30. The van der Waals surface area contributed by atoms with Crippen molar-refractivity contribution in [3.63, 3.8) is 0 Å². The van der Waals surface area contributed by atoms with E-state index in [0.717, 1.165) is 6.20 Å². The summed E-state index contributed by atoms with van der Waals surface area (Å²) >= 11 is 5.91. The Kier molecular flexibility index (Phi) is 7.69. The molecule has 1 aliphatic rings. The maximum Gasteiger partial charge on any atom is 0.228 e. The van der Waals surface area contributed by atoms with Crippen molar-refractivity contribution in [1.82, 2.24) is 5.32 Å². The molecule has 8 nitrogen and oxygen atoms in total. The fraction of sp³-hybridized carbons (Fsp3) is 0.300. The molecule has 12 heteroatoms. The number of aliphatic hydroxyl groups excluding tert-OH is 3. The first-order valence-electron chi connectivity index (χ1n) is 9.28. The minimum atomic E-state index is -1.67. The molecule has 0 bridgehead atoms. The van der Waals surface area contributed by atoms with Gasteiger partial charge in [0.25, 0.3) is 0 Å². The summed E-state index contributed by atoms with van der Waals surface area (Å²) in [5.41, 5.74) is 6.67. The number of rotatable bonds is 7. The minimum absolute atomic E-state index is 0.253. The van der Waals surface area contributed by atoms with E-state index >= 15 is 0 Å². The molecule has 0 saturated carbocycles. The molecule has 1 saturated heterocycles. The first kappa shape index (κ1) is 24.0. The van der Waals surface area contributed by atoms with Crippen molar-refractivity contribution in [2.24, 2.45) is 5.11 Å². The summed E-state index contributed by atoms with van der Waals surface area (Å²) in [6.45, 7) is -0.616. The molecule has 5 atom stereocenters. The zero-order valence-electron chi connectivity index (χ0n) is 16.3. The second kappa shape index (κ2) is 10.3. The van der Waals surface area contributed by atoms with Crippen molar-refractivity contribution < 1.29 is 38.0 Å². The standard InChI is InChI=1S/C20H19ClF3N3O5/c21-10-2-1-3-11(6-10)31-20-19(30)17(18(29)15(8-28)32-20)26-7-14(27-25)9-4-12(22)16(24)13(23)5-9/h1-7,15,17-20,25-26,28-30H,8H2/b14-7-,27-25?/t15?,17?,18-,19?,20-/m0/s1. The highest BCUT2D eigenvalue weighted by atomic mass is 35.5. The van der Waals surface area contributed by atoms with Gasteiger partial charge in [0.1, 0.15) is 29.8 Å². The molecule has 2 aromatic carbocycles. The molecule has 0 radical (unpaired) electrons. The summed E-state index contributed by atoms with van der Waals surface area (Å²) in [7, 11) is 0. The largest absolute Gasteiger partial charge is 0.462 e. The minimum Gasteiger partial charge on any atom is -0.462 e. The van der Waals surface area contributed by atoms with E-state index in [9.17, 15) is 28.5 Å². The van der Waals surface area contributed by atoms with Gasteiger partial charge in [-0.3, -0.25) is 0 Å². The first-order valence-corrected chi connectivity index (χ1v) is 9.66. The number of hydrogen-bond donors (Lipinski definition) is 5. The predicted molar refractivity (Wildman–Crippen MR) is 106 cm³/mol. The van der Waals surface area contributed by atoms with Gasteiger partial charge < -0.3 is 30.1 Å². The van der Waals surface area contributed by atoms with E-state index in [1.807, 2.05) is 0 Å². The average Bonchev–Trinajstić information content (AvgIpc) is 2.76. The molecule has 3 rings (SSSR count). The van der Waals surface area contributed by atoms with E-state index in [1.165, 1.54) is 6.07 Å². The number of nitrogens with zero attached hydrogens (tertiary/aromatic N) is 1. The van der Waals surface area contributed by atoms with Crippen LogP contribution < -0.4 is 10.1 Å². The van der Waals surface area contributed by atoms with E-state index < -0.39 is 54.7 Å². The Morgan fingerprint density at radius 3 is 2.47 bits per heavy atom. The molecule has 2 aromatic rings. The molecule has 172 valence electrons. The maximum atomic E-state index is 13.5. The van der Waals surface area contributed by atoms with Crippen molar-refractivity contribution in [1.29, 1.82) is 5.53 Å². The molecular formula is C20H19ClF3N3O5. The van der Waals surface area contributed by atoms with E-state index in [1.54, 1.807) is 18.2 Å². The first-order chi connectivity index (χ1) is 15.2. The molecule has 32 heavy (non-hydrogen) atoms. The van der Waals surface area contributed by atoms with Crippen LogP contribution in [-0.4, -0.2) is 52.6 Å². The molecule has 5 N–H and O–H groups in total. The van der Waals surface area contributed by atoms with Gasteiger partial charge in [0, 0.05) is 16.8 Å². The fourth-order valence-electron chi connectivity index (χ4n) is 3.11. The van der Waals surface area contributed by atoms with Crippen LogP contribution >= 0.6 is 11.6 Å². The average molecular weight is 474 g/mol. The smallest absolute Gasteiger partial charge is 0.228 e. The van der Waals surface area contributed by atoms with Crippen LogP contribution in [0.3, 0.4) is 0 Å². The Hall–Kier alpha value is -2.70. The normalized spacial score (nSPS) is 26.0. The molecule has 1 heterocycles. The van der Waals surface area contributed by atoms with E-state index in [4.69, 9.17) is 26.6 Å². The Morgan fingerprint density at radius 1 is 1.19 bits per heavy atom. The van der Waals surface area contributed by atoms with Crippen LogP contribution in [0.4, 0.5) is 13.2 Å². The van der Waals surface area contributed by atoms with Gasteiger partial charge in [0.2, 0.25) is 6.29 Å². The Balaban J connectivity index is 1.84. The summed E-state index contributed by atoms with van der Waals surface area (Å²) in [5, 5.41) is 36.7. The van der Waals surface area contributed by atoms with Crippen molar-refractivity contribution >= 4 is 17.3 Å². The summed E-state index contributed by atoms with van der Waals surface area (Å²) in [4.78, 5) is 0. The van der Waals surface area contributed by atoms with Gasteiger partial charge in [-0.15, -0.1) is 0 Å². The van der Waals surface area contributed by atoms with E-state index in [2.05, 4.69) is 10.4 Å². The topological polar surface area (TPSA) is 127 Å². The molecular weight excluding hydrogens is 455 g/mol. The molecule has 0 aliphatic carbocycles. The van der Waals surface area contributed by atoms with E-state index in [0.29, 0.717) is 17.2 Å². The lowest BCUT2D eigenvalue weighted by molar-refractivity contribution is -0.250. The summed E-state index contributed by atoms with van der Waals surface area (Å²) in [6.07, 6.45) is -4.44. The van der Waals surface area contributed by atoms with Gasteiger partial charge in [0.15, 0.2) is 17.5 Å². The second-order valence-corrected chi connectivity index (χ2v) is 7.31. The Labute approximate surface area is 185 Å². The SMILES string of the molecule is N=N/C(=C\NC1C(O)[C@@H](Oc2cccc(Cl)c2)OC(CO)[C@@H]1O)c1cc(F)c(F)c(F)c1. The summed E-state index contributed by atoms with van der Waals surface area (Å²) < 4.78 is 51.2. The Bertz CT molecular complexity index is 989. The van der Waals surface area contributed by atoms with Crippen molar-refractivity contribution in [2.75, 3.05) is 6.61 Å². The molecule has 3 unspecified atom stereocenters. The zero-order chi connectivity index (χ0) is 23.4. The summed E-state index contributed by atoms with van der Waals surface area (Å²) in [5.74, 6) is -4.37. The van der Waals surface area contributed by atoms with Crippen molar-refractivity contribution in [3.05, 3.63) is 70.6 Å². The maximum absolute atomic E-state index is 13.5. The van der Waals surface area contributed by atoms with Crippen LogP contribution in [0.1, 0.15) is 5.56 Å². The third-order valence-electron chi connectivity index (χ3n) is 4.75. The third-order valence-corrected chi connectivity index (χ3v) is 4.98. The predicted octanol–water partition coefficient (Wildman–Crippen LogP) is 2.56. The molecule has 1 aliphatic heterocycles. The third kappa shape index (κ3) is 5.19. The quantitative estimate of drug-likeness (QED) is 0.311. The number of hydrogen-bond acceptors (Lipinski definition) is 8. The van der Waals surface area contributed by atoms with Crippen LogP contribution in [0.2, 0.25) is 5.02 Å². The molecule has 0 amide bonds. The molecule has 0 aromatic heterocycles. The van der Waals surface area contributed by atoms with Crippen LogP contribution in [0.15, 0.2) is 47.7 Å². The monoisotopic (exact) mass is 473 g/mol. The van der Waals surface area contributed by atoms with Crippen LogP contribution in [0.25, 0.3) is 5.70 Å². The van der Waals surface area contributed by atoms with E-state index in [-0.39, 0.29) is 17.0 Å². The van der Waals surface area contributed by atoms with Crippen LogP contribution in [-0.2, 0) is 4.74 Å². The van der Waals surface area contributed by atoms with Crippen molar-refractivity contribution in [3.8, 4) is 5.75 Å². The van der Waals surface area contributed by atoms with Crippen molar-refractivity contribution in [2.45, 2.75) is 30.6 Å². The molecule has 0 spiro atoms.